The molecule has 5 nitrogen and oxygen atoms in total. The zero-order valence-corrected chi connectivity index (χ0v) is 11.6. The van der Waals surface area contributed by atoms with Crippen molar-refractivity contribution in [2.45, 2.75) is 50.7 Å². The average Bonchev–Trinajstić information content (AvgIpc) is 2.42. The molecular weight excluding hydrogens is 246 g/mol. The zero-order valence-electron chi connectivity index (χ0n) is 11.6. The van der Waals surface area contributed by atoms with E-state index in [1.54, 1.807) is 0 Å². The van der Waals surface area contributed by atoms with Gasteiger partial charge in [0.15, 0.2) is 0 Å². The van der Waals surface area contributed by atoms with Crippen LogP contribution >= 0.6 is 0 Å². The summed E-state index contributed by atoms with van der Waals surface area (Å²) in [5.74, 6) is -0.785. The van der Waals surface area contributed by atoms with E-state index in [-0.39, 0.29) is 12.5 Å². The van der Waals surface area contributed by atoms with Crippen molar-refractivity contribution in [1.29, 1.82) is 0 Å². The van der Waals surface area contributed by atoms with Crippen molar-refractivity contribution in [3.8, 4) is 0 Å². The first kappa shape index (κ1) is 14.8. The van der Waals surface area contributed by atoms with E-state index in [1.807, 2.05) is 0 Å². The molecule has 0 aliphatic carbocycles. The smallest absolute Gasteiger partial charge is 0.305 e. The maximum absolute atomic E-state index is 10.4. The van der Waals surface area contributed by atoms with Gasteiger partial charge in [0.1, 0.15) is 0 Å². The van der Waals surface area contributed by atoms with Crippen LogP contribution in [0, 0.1) is 0 Å². The number of likely N-dealkylation sites (tertiary alicyclic amines) is 1. The number of carboxylic acids is 1. The number of piperidine rings is 1. The number of carbonyl (C=O) groups is 1. The van der Waals surface area contributed by atoms with Crippen molar-refractivity contribution < 1.29 is 19.4 Å². The molecule has 0 aromatic heterocycles. The fraction of sp³-hybridized carbons (Fsp3) is 0.929. The summed E-state index contributed by atoms with van der Waals surface area (Å²) < 4.78 is 11.4. The van der Waals surface area contributed by atoms with Crippen LogP contribution in [-0.2, 0) is 14.3 Å². The van der Waals surface area contributed by atoms with Gasteiger partial charge in [-0.15, -0.1) is 0 Å². The van der Waals surface area contributed by atoms with Gasteiger partial charge in [0, 0.05) is 26.2 Å². The second-order valence-electron chi connectivity index (χ2n) is 5.50. The summed E-state index contributed by atoms with van der Waals surface area (Å²) in [6, 6.07) is 0. The Kier molecular flexibility index (Phi) is 6.07. The van der Waals surface area contributed by atoms with Crippen LogP contribution in [0.15, 0.2) is 0 Å². The molecule has 1 N–H and O–H groups in total. The Morgan fingerprint density at radius 2 is 2.05 bits per heavy atom. The quantitative estimate of drug-likeness (QED) is 0.793. The van der Waals surface area contributed by atoms with Crippen molar-refractivity contribution in [3.05, 3.63) is 0 Å². The van der Waals surface area contributed by atoms with Crippen LogP contribution in [-0.4, -0.2) is 61.0 Å². The van der Waals surface area contributed by atoms with Gasteiger partial charge in [-0.25, -0.2) is 0 Å². The summed E-state index contributed by atoms with van der Waals surface area (Å²) in [4.78, 5) is 12.9. The maximum atomic E-state index is 10.4. The lowest BCUT2D eigenvalue weighted by atomic mass is 10.0. The molecule has 0 aromatic carbocycles. The predicted molar refractivity (Wildman–Crippen MR) is 71.3 cm³/mol. The third-order valence-corrected chi connectivity index (χ3v) is 3.94. The third-order valence-electron chi connectivity index (χ3n) is 3.94. The van der Waals surface area contributed by atoms with Gasteiger partial charge in [0.05, 0.1) is 25.2 Å². The standard InChI is InChI=1S/C14H25NO4/c16-14(17)6-10-19-12-4-7-15(8-5-12)11-13-3-1-2-9-18-13/h12-13H,1-11H2,(H,16,17). The second-order valence-corrected chi connectivity index (χ2v) is 5.50. The van der Waals surface area contributed by atoms with E-state index in [2.05, 4.69) is 4.90 Å². The molecule has 0 radical (unpaired) electrons. The highest BCUT2D eigenvalue weighted by atomic mass is 16.5. The Morgan fingerprint density at radius 1 is 1.26 bits per heavy atom. The van der Waals surface area contributed by atoms with Crippen molar-refractivity contribution in [1.82, 2.24) is 4.90 Å². The summed E-state index contributed by atoms with van der Waals surface area (Å²) in [7, 11) is 0. The van der Waals surface area contributed by atoms with Crippen molar-refractivity contribution >= 4 is 5.97 Å². The highest BCUT2D eigenvalue weighted by Gasteiger charge is 2.23. The van der Waals surface area contributed by atoms with E-state index in [0.717, 1.165) is 39.1 Å². The molecular formula is C14H25NO4. The van der Waals surface area contributed by atoms with Gasteiger partial charge in [0.2, 0.25) is 0 Å². The number of ether oxygens (including phenoxy) is 2. The number of carboxylic acid groups (broad SMARTS) is 1. The van der Waals surface area contributed by atoms with Crippen LogP contribution in [0.5, 0.6) is 0 Å². The molecule has 1 unspecified atom stereocenters. The summed E-state index contributed by atoms with van der Waals surface area (Å²) >= 11 is 0. The lowest BCUT2D eigenvalue weighted by molar-refractivity contribution is -0.139. The summed E-state index contributed by atoms with van der Waals surface area (Å²) in [6.45, 7) is 4.38. The number of rotatable bonds is 6. The minimum Gasteiger partial charge on any atom is -0.481 e. The van der Waals surface area contributed by atoms with Gasteiger partial charge in [-0.1, -0.05) is 0 Å². The van der Waals surface area contributed by atoms with Crippen LogP contribution in [0.3, 0.4) is 0 Å². The third kappa shape index (κ3) is 5.47. The summed E-state index contributed by atoms with van der Waals surface area (Å²) in [5.41, 5.74) is 0. The molecule has 2 fully saturated rings. The highest BCUT2D eigenvalue weighted by Crippen LogP contribution is 2.18. The molecule has 0 amide bonds. The molecule has 2 heterocycles. The maximum Gasteiger partial charge on any atom is 0.305 e. The summed E-state index contributed by atoms with van der Waals surface area (Å²) in [6.07, 6.45) is 6.46. The SMILES string of the molecule is O=C(O)CCOC1CCN(CC2CCCCO2)CC1. The van der Waals surface area contributed by atoms with Crippen LogP contribution in [0.2, 0.25) is 0 Å². The van der Waals surface area contributed by atoms with Crippen molar-refractivity contribution in [2.24, 2.45) is 0 Å². The van der Waals surface area contributed by atoms with Crippen LogP contribution in [0.4, 0.5) is 0 Å². The molecule has 2 aliphatic rings. The summed E-state index contributed by atoms with van der Waals surface area (Å²) in [5, 5.41) is 8.57. The topological polar surface area (TPSA) is 59.0 Å². The minimum atomic E-state index is -0.785. The van der Waals surface area contributed by atoms with Gasteiger partial charge < -0.3 is 19.5 Å². The van der Waals surface area contributed by atoms with Gasteiger partial charge >= 0.3 is 5.97 Å². The fourth-order valence-electron chi connectivity index (χ4n) is 2.81. The highest BCUT2D eigenvalue weighted by molar-refractivity contribution is 5.66. The van der Waals surface area contributed by atoms with Gasteiger partial charge in [-0.3, -0.25) is 4.79 Å². The fourth-order valence-corrected chi connectivity index (χ4v) is 2.81. The molecule has 2 saturated heterocycles. The van der Waals surface area contributed by atoms with Crippen LogP contribution in [0.25, 0.3) is 0 Å². The van der Waals surface area contributed by atoms with Crippen molar-refractivity contribution in [2.75, 3.05) is 32.8 Å². The molecule has 0 bridgehead atoms. The van der Waals surface area contributed by atoms with Crippen molar-refractivity contribution in [3.63, 3.8) is 0 Å². The lowest BCUT2D eigenvalue weighted by Gasteiger charge is -2.35. The predicted octanol–water partition coefficient (Wildman–Crippen LogP) is 1.51. The first-order valence-electron chi connectivity index (χ1n) is 7.41. The number of aliphatic carboxylic acids is 1. The van der Waals surface area contributed by atoms with E-state index in [9.17, 15) is 4.79 Å². The first-order valence-corrected chi connectivity index (χ1v) is 7.41. The van der Waals surface area contributed by atoms with Gasteiger partial charge in [0.25, 0.3) is 0 Å². The van der Waals surface area contributed by atoms with E-state index < -0.39 is 5.97 Å². The lowest BCUT2D eigenvalue weighted by Crippen LogP contribution is -2.42. The van der Waals surface area contributed by atoms with E-state index in [4.69, 9.17) is 14.6 Å². The Hall–Kier alpha value is -0.650. The Bertz CT molecular complexity index is 271. The van der Waals surface area contributed by atoms with E-state index in [0.29, 0.717) is 12.7 Å². The van der Waals surface area contributed by atoms with Gasteiger partial charge in [-0.05, 0) is 32.1 Å². The molecule has 110 valence electrons. The second kappa shape index (κ2) is 7.82. The normalized spacial score (nSPS) is 26.4. The number of hydrogen-bond donors (Lipinski definition) is 1. The molecule has 0 saturated carbocycles. The van der Waals surface area contributed by atoms with E-state index in [1.165, 1.54) is 19.3 Å². The van der Waals surface area contributed by atoms with Crippen LogP contribution in [0.1, 0.15) is 38.5 Å². The molecule has 0 aromatic rings. The Morgan fingerprint density at radius 3 is 2.68 bits per heavy atom. The largest absolute Gasteiger partial charge is 0.481 e. The zero-order chi connectivity index (χ0) is 13.5. The monoisotopic (exact) mass is 271 g/mol. The number of nitrogens with zero attached hydrogens (tertiary/aromatic N) is 1. The average molecular weight is 271 g/mol. The molecule has 2 aliphatic heterocycles. The Balaban J connectivity index is 1.58. The molecule has 5 heteroatoms. The molecule has 1 atom stereocenters. The van der Waals surface area contributed by atoms with Gasteiger partial charge in [-0.2, -0.15) is 0 Å². The van der Waals surface area contributed by atoms with Crippen LogP contribution < -0.4 is 0 Å². The minimum absolute atomic E-state index is 0.107. The van der Waals surface area contributed by atoms with E-state index >= 15 is 0 Å². The molecule has 19 heavy (non-hydrogen) atoms. The Labute approximate surface area is 114 Å². The first-order chi connectivity index (χ1) is 9.24. The molecule has 0 spiro atoms. The molecule has 2 rings (SSSR count). The number of hydrogen-bond acceptors (Lipinski definition) is 4.